The highest BCUT2D eigenvalue weighted by atomic mass is 16.3. The number of likely N-dealkylation sites (tertiary alicyclic amines) is 1. The molecule has 0 aliphatic carbocycles. The lowest BCUT2D eigenvalue weighted by molar-refractivity contribution is -0.191. The Morgan fingerprint density at radius 3 is 2.50 bits per heavy atom. The largest absolute Gasteiger partial charge is 0.435 e. The molecule has 0 spiro atoms. The molecule has 1 fully saturated rings. The number of pyridine rings is 2. The van der Waals surface area contributed by atoms with Gasteiger partial charge in [0.25, 0.3) is 0 Å². The average Bonchev–Trinajstić information content (AvgIpc) is 3.77. The zero-order valence-electron chi connectivity index (χ0n) is 29.7. The third-order valence-electron chi connectivity index (χ3n) is 9.61. The first-order chi connectivity index (χ1) is 25.2. The maximum absolute atomic E-state index is 9.89. The van der Waals surface area contributed by atoms with Crippen LogP contribution >= 0.6 is 0 Å². The Kier molecular flexibility index (Phi) is 11.1. The van der Waals surface area contributed by atoms with E-state index in [9.17, 15) is 10.4 Å². The van der Waals surface area contributed by atoms with Gasteiger partial charge in [-0.25, -0.2) is 9.97 Å². The molecule has 3 N–H and O–H groups in total. The van der Waals surface area contributed by atoms with Gasteiger partial charge >= 0.3 is 6.15 Å². The summed E-state index contributed by atoms with van der Waals surface area (Å²) in [5.41, 5.74) is 10.6. The van der Waals surface area contributed by atoms with Gasteiger partial charge in [0.1, 0.15) is 17.1 Å². The summed E-state index contributed by atoms with van der Waals surface area (Å²) >= 11 is 0. The van der Waals surface area contributed by atoms with E-state index in [1.54, 1.807) is 0 Å². The summed E-state index contributed by atoms with van der Waals surface area (Å²) in [6, 6.07) is 22.6. The molecule has 1 saturated heterocycles. The molecule has 1 aliphatic rings. The predicted molar refractivity (Wildman–Crippen MR) is 199 cm³/mol. The number of benzene rings is 3. The lowest BCUT2D eigenvalue weighted by Gasteiger charge is -2.17. The minimum atomic E-state index is -0.0570. The van der Waals surface area contributed by atoms with Crippen LogP contribution in [-0.2, 0) is 22.7 Å². The van der Waals surface area contributed by atoms with Crippen LogP contribution in [0.5, 0.6) is 0 Å². The molecule has 7 rings (SSSR count). The molecule has 1 aliphatic heterocycles. The van der Waals surface area contributed by atoms with E-state index in [2.05, 4.69) is 77.7 Å². The molecule has 52 heavy (non-hydrogen) atoms. The Balaban J connectivity index is 0.00000150. The van der Waals surface area contributed by atoms with Gasteiger partial charge < -0.3 is 20.2 Å². The number of anilines is 2. The lowest BCUT2D eigenvalue weighted by atomic mass is 9.93. The molecule has 264 valence electrons. The fourth-order valence-electron chi connectivity index (χ4n) is 6.81. The lowest BCUT2D eigenvalue weighted by Crippen LogP contribution is -2.28. The van der Waals surface area contributed by atoms with Crippen LogP contribution < -0.4 is 10.6 Å². The first-order valence-electron chi connectivity index (χ1n) is 17.3. The summed E-state index contributed by atoms with van der Waals surface area (Å²) in [7, 11) is 0. The third-order valence-corrected chi connectivity index (χ3v) is 9.61. The van der Waals surface area contributed by atoms with Gasteiger partial charge in [0, 0.05) is 54.7 Å². The van der Waals surface area contributed by atoms with Gasteiger partial charge in [-0.05, 0) is 109 Å². The molecular formula is C41H41N7O4. The van der Waals surface area contributed by atoms with Crippen molar-refractivity contribution >= 4 is 39.7 Å². The second-order valence-corrected chi connectivity index (χ2v) is 13.5. The van der Waals surface area contributed by atoms with Gasteiger partial charge in [-0.3, -0.25) is 9.88 Å². The Morgan fingerprint density at radius 1 is 1.02 bits per heavy atom. The number of oxazole rings is 1. The predicted octanol–water partition coefficient (Wildman–Crippen LogP) is 7.07. The molecule has 0 unspecified atom stereocenters. The molecule has 0 bridgehead atoms. The molecule has 3 aromatic carbocycles. The Morgan fingerprint density at radius 2 is 1.77 bits per heavy atom. The van der Waals surface area contributed by atoms with E-state index < -0.39 is 0 Å². The molecule has 3 aromatic heterocycles. The van der Waals surface area contributed by atoms with Gasteiger partial charge in [-0.1, -0.05) is 31.2 Å². The molecule has 6 aromatic rings. The number of fused-ring (bicyclic) bond motifs is 2. The van der Waals surface area contributed by atoms with Crippen LogP contribution in [0.25, 0.3) is 44.6 Å². The van der Waals surface area contributed by atoms with Crippen molar-refractivity contribution in [1.82, 2.24) is 25.2 Å². The van der Waals surface area contributed by atoms with E-state index in [1.807, 2.05) is 49.6 Å². The smallest absolute Gasteiger partial charge is 0.373 e. The summed E-state index contributed by atoms with van der Waals surface area (Å²) < 4.78 is 6.25. The number of aliphatic hydroxyl groups excluding tert-OH is 1. The maximum atomic E-state index is 9.89. The van der Waals surface area contributed by atoms with Gasteiger partial charge in [0.15, 0.2) is 11.4 Å². The average molecular weight is 696 g/mol. The molecule has 4 heterocycles. The number of aliphatic hydroxyl groups is 1. The zero-order valence-corrected chi connectivity index (χ0v) is 29.7. The highest BCUT2D eigenvalue weighted by Gasteiger charge is 2.20. The quantitative estimate of drug-likeness (QED) is 0.135. The van der Waals surface area contributed by atoms with Crippen molar-refractivity contribution in [2.24, 2.45) is 5.92 Å². The number of nitrogens with zero attached hydrogens (tertiary/aromatic N) is 5. The van der Waals surface area contributed by atoms with Crippen LogP contribution in [0.1, 0.15) is 48.1 Å². The number of nitriles is 1. The van der Waals surface area contributed by atoms with Crippen molar-refractivity contribution in [3.05, 3.63) is 101 Å². The van der Waals surface area contributed by atoms with Crippen LogP contribution in [0.3, 0.4) is 0 Å². The summed E-state index contributed by atoms with van der Waals surface area (Å²) in [5.74, 6) is 1.95. The Labute approximate surface area is 302 Å². The fraction of sp³-hybridized carbons (Fsp3) is 0.293. The second-order valence-electron chi connectivity index (χ2n) is 13.5. The van der Waals surface area contributed by atoms with E-state index in [0.717, 1.165) is 81.3 Å². The summed E-state index contributed by atoms with van der Waals surface area (Å²) in [4.78, 5) is 33.1. The van der Waals surface area contributed by atoms with Crippen molar-refractivity contribution in [3.8, 4) is 28.7 Å². The summed E-state index contributed by atoms with van der Waals surface area (Å²) in [6.45, 7) is 12.2. The standard InChI is InChI=1S/C40H41N7O2.CO2/c1-24-12-14-47(21-24)22-29-16-30-11-13-42-39(37(30)44-20-29)45-35-10-6-8-33(27(35)4)32-7-5-9-34(26(32)3)40-46-36-17-28(19-43-25(2)23-48)15-31(18-41)38(36)49-40;2-1-3/h5-11,13,15-17,20,24-25,43,48H,12,14,19,21-23H2,1-4H3,(H,42,45);/t24-,25-;/m0./s1. The van der Waals surface area contributed by atoms with Gasteiger partial charge in [0.05, 0.1) is 12.2 Å². The molecular weight excluding hydrogens is 654 g/mol. The van der Waals surface area contributed by atoms with E-state index in [1.165, 1.54) is 12.0 Å². The fourth-order valence-corrected chi connectivity index (χ4v) is 6.81. The minimum Gasteiger partial charge on any atom is -0.435 e. The number of hydrogen-bond acceptors (Lipinski definition) is 11. The first-order valence-corrected chi connectivity index (χ1v) is 17.3. The number of rotatable bonds is 10. The zero-order chi connectivity index (χ0) is 36.8. The number of carbonyl (C=O) groups excluding carboxylic acids is 2. The molecule has 0 radical (unpaired) electrons. The van der Waals surface area contributed by atoms with Crippen LogP contribution in [0.4, 0.5) is 11.5 Å². The van der Waals surface area contributed by atoms with E-state index in [4.69, 9.17) is 24.0 Å². The van der Waals surface area contributed by atoms with Crippen molar-refractivity contribution in [2.75, 3.05) is 25.0 Å². The highest BCUT2D eigenvalue weighted by Crippen LogP contribution is 2.37. The SMILES string of the molecule is Cc1c(Nc2nccc3cc(CN4CC[C@H](C)C4)cnc23)cccc1-c1cccc(-c2nc3cc(CN[C@@H](C)CO)cc(C#N)c3o2)c1C.O=C=O. The second kappa shape index (κ2) is 16.1. The van der Waals surface area contributed by atoms with Crippen LogP contribution in [0.15, 0.2) is 77.5 Å². The Bertz CT molecular complexity index is 2310. The van der Waals surface area contributed by atoms with Crippen LogP contribution in [0, 0.1) is 31.1 Å². The van der Waals surface area contributed by atoms with Crippen molar-refractivity contribution in [3.63, 3.8) is 0 Å². The monoisotopic (exact) mass is 695 g/mol. The molecule has 0 amide bonds. The van der Waals surface area contributed by atoms with Crippen molar-refractivity contribution < 1.29 is 19.1 Å². The molecule has 11 nitrogen and oxygen atoms in total. The van der Waals surface area contributed by atoms with Gasteiger partial charge in [-0.15, -0.1) is 0 Å². The van der Waals surface area contributed by atoms with Gasteiger partial charge in [0.2, 0.25) is 5.89 Å². The van der Waals surface area contributed by atoms with E-state index >= 15 is 0 Å². The molecule has 0 saturated carbocycles. The van der Waals surface area contributed by atoms with Gasteiger partial charge in [-0.2, -0.15) is 14.9 Å². The van der Waals surface area contributed by atoms with Crippen molar-refractivity contribution in [1.29, 1.82) is 5.26 Å². The number of nitrogens with one attached hydrogen (secondary N) is 2. The van der Waals surface area contributed by atoms with Crippen LogP contribution in [0.2, 0.25) is 0 Å². The van der Waals surface area contributed by atoms with E-state index in [0.29, 0.717) is 29.1 Å². The highest BCUT2D eigenvalue weighted by molar-refractivity contribution is 5.91. The van der Waals surface area contributed by atoms with E-state index in [-0.39, 0.29) is 18.8 Å². The van der Waals surface area contributed by atoms with Crippen LogP contribution in [-0.4, -0.2) is 56.8 Å². The minimum absolute atomic E-state index is 0.0338. The molecule has 11 heteroatoms. The third kappa shape index (κ3) is 7.76. The first kappa shape index (κ1) is 36.0. The normalized spacial score (nSPS) is 14.8. The number of aromatic nitrogens is 3. The maximum Gasteiger partial charge on any atom is 0.373 e. The summed E-state index contributed by atoms with van der Waals surface area (Å²) in [6.07, 6.45) is 5.33. The Hall–Kier alpha value is -5.76. The summed E-state index contributed by atoms with van der Waals surface area (Å²) in [5, 5.41) is 27.2. The molecule has 2 atom stereocenters. The number of hydrogen-bond donors (Lipinski definition) is 3. The van der Waals surface area contributed by atoms with Crippen molar-refractivity contribution in [2.45, 2.75) is 53.2 Å². The topological polar surface area (TPSA) is 157 Å².